The van der Waals surface area contributed by atoms with Crippen LogP contribution in [0.1, 0.15) is 41.1 Å². The fraction of sp³-hybridized carbons (Fsp3) is 0.273. The molecular formula is C22H18Cl2F4N6O. The number of alkyl halides is 4. The maximum atomic E-state index is 13.5. The highest BCUT2D eigenvalue weighted by Gasteiger charge is 2.24. The molecule has 1 amide bonds. The number of benzene rings is 1. The van der Waals surface area contributed by atoms with Crippen LogP contribution in [0.4, 0.5) is 23.4 Å². The fourth-order valence-electron chi connectivity index (χ4n) is 3.68. The van der Waals surface area contributed by atoms with E-state index in [1.54, 1.807) is 35.9 Å². The van der Waals surface area contributed by atoms with Gasteiger partial charge in [-0.15, -0.1) is 0 Å². The zero-order valence-corrected chi connectivity index (χ0v) is 19.9. The van der Waals surface area contributed by atoms with Crippen molar-refractivity contribution in [1.82, 2.24) is 24.5 Å². The molecule has 0 bridgehead atoms. The van der Waals surface area contributed by atoms with Gasteiger partial charge < -0.3 is 5.32 Å². The zero-order chi connectivity index (χ0) is 25.4. The van der Waals surface area contributed by atoms with Gasteiger partial charge in [-0.05, 0) is 32.0 Å². The minimum atomic E-state index is -3.06. The number of carbonyl (C=O) groups is 1. The first-order valence-corrected chi connectivity index (χ1v) is 11.0. The van der Waals surface area contributed by atoms with E-state index in [4.69, 9.17) is 23.2 Å². The average molecular weight is 529 g/mol. The molecule has 35 heavy (non-hydrogen) atoms. The molecule has 3 heterocycles. The molecule has 0 saturated heterocycles. The fourth-order valence-corrected chi connectivity index (χ4v) is 4.20. The summed E-state index contributed by atoms with van der Waals surface area (Å²) >= 11 is 12.4. The molecule has 184 valence electrons. The molecule has 0 saturated carbocycles. The van der Waals surface area contributed by atoms with Crippen LogP contribution in [0.3, 0.4) is 0 Å². The minimum absolute atomic E-state index is 0.0612. The molecule has 7 nitrogen and oxygen atoms in total. The van der Waals surface area contributed by atoms with E-state index in [-0.39, 0.29) is 29.1 Å². The molecule has 0 aliphatic heterocycles. The van der Waals surface area contributed by atoms with Gasteiger partial charge in [-0.25, -0.2) is 27.2 Å². The standard InChI is InChI=1S/C22H18Cl2F4N6O/c1-10-6-17(32-33(10)8-13-14(23)4-3-5-15(13)24)30-18(35)9-34-22-19(11(2)31-34)12(20(25)26)7-16(29-22)21(27)28/h3-7,20-21H,8-9H2,1-2H3,(H,30,32,35). The van der Waals surface area contributed by atoms with Crippen LogP contribution in [0.15, 0.2) is 30.3 Å². The SMILES string of the molecule is Cc1nn(CC(=O)Nc2cc(C)n(Cc3c(Cl)cccc3Cl)n2)c2nc(C(F)F)cc(C(F)F)c12. The van der Waals surface area contributed by atoms with Gasteiger partial charge in [0.25, 0.3) is 12.9 Å². The first-order chi connectivity index (χ1) is 16.5. The quantitative estimate of drug-likeness (QED) is 0.293. The second-order valence-electron chi connectivity index (χ2n) is 7.76. The number of nitrogens with one attached hydrogen (secondary N) is 1. The van der Waals surface area contributed by atoms with Gasteiger partial charge in [-0.2, -0.15) is 10.2 Å². The van der Waals surface area contributed by atoms with E-state index in [0.29, 0.717) is 27.4 Å². The Morgan fingerprint density at radius 2 is 1.71 bits per heavy atom. The number of carbonyl (C=O) groups excluding carboxylic acids is 1. The van der Waals surface area contributed by atoms with Gasteiger partial charge in [0.05, 0.1) is 17.6 Å². The van der Waals surface area contributed by atoms with Crippen molar-refractivity contribution in [3.05, 3.63) is 68.6 Å². The van der Waals surface area contributed by atoms with E-state index in [2.05, 4.69) is 20.5 Å². The van der Waals surface area contributed by atoms with Crippen LogP contribution in [0.2, 0.25) is 10.0 Å². The van der Waals surface area contributed by atoms with Gasteiger partial charge in [-0.3, -0.25) is 9.48 Å². The summed E-state index contributed by atoms with van der Waals surface area (Å²) < 4.78 is 56.1. The Morgan fingerprint density at radius 1 is 1.03 bits per heavy atom. The smallest absolute Gasteiger partial charge is 0.280 e. The molecule has 0 radical (unpaired) electrons. The first kappa shape index (κ1) is 24.9. The summed E-state index contributed by atoms with van der Waals surface area (Å²) in [6.07, 6.45) is -6.07. The van der Waals surface area contributed by atoms with Crippen molar-refractivity contribution >= 4 is 46.0 Å². The van der Waals surface area contributed by atoms with Crippen molar-refractivity contribution in [3.63, 3.8) is 0 Å². The average Bonchev–Trinajstić information content (AvgIpc) is 3.28. The molecule has 0 unspecified atom stereocenters. The van der Waals surface area contributed by atoms with Gasteiger partial charge in [-0.1, -0.05) is 29.3 Å². The number of aromatic nitrogens is 5. The molecule has 0 atom stereocenters. The Bertz CT molecular complexity index is 1400. The van der Waals surface area contributed by atoms with Crippen molar-refractivity contribution in [1.29, 1.82) is 0 Å². The van der Waals surface area contributed by atoms with Crippen LogP contribution in [-0.2, 0) is 17.9 Å². The lowest BCUT2D eigenvalue weighted by molar-refractivity contribution is -0.116. The van der Waals surface area contributed by atoms with Gasteiger partial charge in [0.15, 0.2) is 11.5 Å². The van der Waals surface area contributed by atoms with Crippen LogP contribution in [0.5, 0.6) is 0 Å². The Morgan fingerprint density at radius 3 is 2.34 bits per heavy atom. The molecule has 1 aromatic carbocycles. The van der Waals surface area contributed by atoms with Gasteiger partial charge in [0, 0.05) is 32.9 Å². The van der Waals surface area contributed by atoms with Crippen LogP contribution < -0.4 is 5.32 Å². The number of halogens is 6. The van der Waals surface area contributed by atoms with Gasteiger partial charge >= 0.3 is 0 Å². The predicted molar refractivity (Wildman–Crippen MR) is 123 cm³/mol. The summed E-state index contributed by atoms with van der Waals surface area (Å²) in [7, 11) is 0. The second kappa shape index (κ2) is 9.82. The van der Waals surface area contributed by atoms with E-state index < -0.39 is 36.6 Å². The maximum absolute atomic E-state index is 13.5. The minimum Gasteiger partial charge on any atom is -0.308 e. The third kappa shape index (κ3) is 5.10. The molecule has 0 spiro atoms. The third-order valence-corrected chi connectivity index (χ3v) is 6.01. The molecule has 1 N–H and O–H groups in total. The molecule has 13 heteroatoms. The van der Waals surface area contributed by atoms with Crippen LogP contribution in [-0.4, -0.2) is 30.5 Å². The largest absolute Gasteiger partial charge is 0.308 e. The van der Waals surface area contributed by atoms with Crippen LogP contribution in [0, 0.1) is 13.8 Å². The first-order valence-electron chi connectivity index (χ1n) is 10.3. The number of rotatable bonds is 7. The molecular weight excluding hydrogens is 511 g/mol. The highest BCUT2D eigenvalue weighted by atomic mass is 35.5. The molecule has 4 rings (SSSR count). The lowest BCUT2D eigenvalue weighted by Crippen LogP contribution is -2.20. The van der Waals surface area contributed by atoms with Crippen molar-refractivity contribution in [2.75, 3.05) is 5.32 Å². The summed E-state index contributed by atoms with van der Waals surface area (Å²) in [6, 6.07) is 7.41. The van der Waals surface area contributed by atoms with Crippen LogP contribution >= 0.6 is 23.2 Å². The van der Waals surface area contributed by atoms with Crippen molar-refractivity contribution < 1.29 is 22.4 Å². The summed E-state index contributed by atoms with van der Waals surface area (Å²) in [5.74, 6) is -0.379. The number of anilines is 1. The summed E-state index contributed by atoms with van der Waals surface area (Å²) in [4.78, 5) is 16.4. The van der Waals surface area contributed by atoms with E-state index in [1.807, 2.05) is 0 Å². The number of pyridine rings is 1. The van der Waals surface area contributed by atoms with Crippen molar-refractivity contribution in [3.8, 4) is 0 Å². The molecule has 0 fully saturated rings. The highest BCUT2D eigenvalue weighted by Crippen LogP contribution is 2.32. The van der Waals surface area contributed by atoms with Crippen LogP contribution in [0.25, 0.3) is 11.0 Å². The lowest BCUT2D eigenvalue weighted by Gasteiger charge is -2.09. The second-order valence-corrected chi connectivity index (χ2v) is 8.57. The normalized spacial score (nSPS) is 11.7. The lowest BCUT2D eigenvalue weighted by atomic mass is 10.1. The Kier molecular flexibility index (Phi) is 7.00. The Labute approximate surface area is 206 Å². The van der Waals surface area contributed by atoms with E-state index in [9.17, 15) is 22.4 Å². The summed E-state index contributed by atoms with van der Waals surface area (Å²) in [5, 5.41) is 11.9. The summed E-state index contributed by atoms with van der Waals surface area (Å²) in [5.41, 5.74) is -0.131. The molecule has 3 aromatic heterocycles. The Hall–Kier alpha value is -3.18. The number of hydrogen-bond donors (Lipinski definition) is 1. The number of fused-ring (bicyclic) bond motifs is 1. The third-order valence-electron chi connectivity index (χ3n) is 5.30. The monoisotopic (exact) mass is 528 g/mol. The Balaban J connectivity index is 1.57. The number of aryl methyl sites for hydroxylation is 2. The highest BCUT2D eigenvalue weighted by molar-refractivity contribution is 6.35. The van der Waals surface area contributed by atoms with E-state index >= 15 is 0 Å². The predicted octanol–water partition coefficient (Wildman–Crippen LogP) is 6.11. The van der Waals surface area contributed by atoms with Crippen molar-refractivity contribution in [2.24, 2.45) is 0 Å². The molecule has 0 aliphatic carbocycles. The van der Waals surface area contributed by atoms with Crippen molar-refractivity contribution in [2.45, 2.75) is 39.8 Å². The molecule has 4 aromatic rings. The number of hydrogen-bond acceptors (Lipinski definition) is 4. The van der Waals surface area contributed by atoms with Gasteiger partial charge in [0.1, 0.15) is 12.2 Å². The molecule has 0 aliphatic rings. The number of nitrogens with zero attached hydrogens (tertiary/aromatic N) is 5. The number of amides is 1. The summed E-state index contributed by atoms with van der Waals surface area (Å²) in [6.45, 7) is 3.03. The zero-order valence-electron chi connectivity index (χ0n) is 18.4. The van der Waals surface area contributed by atoms with E-state index in [1.165, 1.54) is 6.92 Å². The van der Waals surface area contributed by atoms with Gasteiger partial charge in [0.2, 0.25) is 5.91 Å². The maximum Gasteiger partial charge on any atom is 0.280 e. The van der Waals surface area contributed by atoms with E-state index in [0.717, 1.165) is 4.68 Å². The topological polar surface area (TPSA) is 77.6 Å².